The summed E-state index contributed by atoms with van der Waals surface area (Å²) in [5.74, 6) is -0.493. The minimum Gasteiger partial charge on any atom is -0.451 e. The van der Waals surface area contributed by atoms with Gasteiger partial charge in [-0.2, -0.15) is 0 Å². The lowest BCUT2D eigenvalue weighted by atomic mass is 9.85. The average Bonchev–Trinajstić information content (AvgIpc) is 3.16. The van der Waals surface area contributed by atoms with Crippen molar-refractivity contribution in [3.05, 3.63) is 48.2 Å². The minimum atomic E-state index is -0.215. The summed E-state index contributed by atoms with van der Waals surface area (Å²) < 4.78 is 5.62. The van der Waals surface area contributed by atoms with Gasteiger partial charge in [-0.05, 0) is 25.0 Å². The summed E-state index contributed by atoms with van der Waals surface area (Å²) >= 11 is 0. The maximum Gasteiger partial charge on any atom is 0.289 e. The monoisotopic (exact) mass is 350 g/mol. The summed E-state index contributed by atoms with van der Waals surface area (Å²) in [7, 11) is 0. The molecule has 6 nitrogen and oxygen atoms in total. The molecule has 1 aliphatic carbocycles. The second kappa shape index (κ2) is 5.56. The standard InChI is InChI=1S/C20H18N2O4/c23-18-14-6-2-3-7-15(14)19(24)22(18)13-10-21(11-13)20(25)17-9-12-5-1-4-8-16(12)26-17/h1-5,8-9,13-15H,6-7,10-11H2/t14-,15-/m0/s1. The number of hydrogen-bond donors (Lipinski definition) is 0. The molecule has 2 saturated heterocycles. The maximum absolute atomic E-state index is 12.6. The number of benzene rings is 1. The summed E-state index contributed by atoms with van der Waals surface area (Å²) in [5, 5.41) is 0.884. The van der Waals surface area contributed by atoms with Crippen LogP contribution >= 0.6 is 0 Å². The number of para-hydroxylation sites is 1. The van der Waals surface area contributed by atoms with Crippen LogP contribution in [-0.4, -0.2) is 46.7 Å². The predicted molar refractivity (Wildman–Crippen MR) is 93.1 cm³/mol. The summed E-state index contributed by atoms with van der Waals surface area (Å²) in [5.41, 5.74) is 0.675. The van der Waals surface area contributed by atoms with E-state index in [1.807, 2.05) is 36.4 Å². The Morgan fingerprint density at radius 2 is 1.65 bits per heavy atom. The van der Waals surface area contributed by atoms with E-state index in [4.69, 9.17) is 4.42 Å². The van der Waals surface area contributed by atoms with Gasteiger partial charge in [0.2, 0.25) is 11.8 Å². The molecular weight excluding hydrogens is 332 g/mol. The van der Waals surface area contributed by atoms with Crippen LogP contribution in [0.2, 0.25) is 0 Å². The highest BCUT2D eigenvalue weighted by molar-refractivity contribution is 6.06. The predicted octanol–water partition coefficient (Wildman–Crippen LogP) is 2.21. The average molecular weight is 350 g/mol. The number of furan rings is 1. The van der Waals surface area contributed by atoms with Gasteiger partial charge < -0.3 is 9.32 Å². The summed E-state index contributed by atoms with van der Waals surface area (Å²) in [6.07, 6.45) is 5.24. The molecule has 3 amide bonds. The Hall–Kier alpha value is -2.89. The van der Waals surface area contributed by atoms with Crippen molar-refractivity contribution in [2.75, 3.05) is 13.1 Å². The molecule has 2 aromatic rings. The Bertz CT molecular complexity index is 895. The van der Waals surface area contributed by atoms with Crippen LogP contribution in [0.25, 0.3) is 11.0 Å². The van der Waals surface area contributed by atoms with Gasteiger partial charge in [-0.3, -0.25) is 19.3 Å². The second-order valence-corrected chi connectivity index (χ2v) is 7.21. The van der Waals surface area contributed by atoms with E-state index >= 15 is 0 Å². The molecule has 2 fully saturated rings. The normalized spacial score (nSPS) is 25.7. The molecule has 3 aliphatic rings. The van der Waals surface area contributed by atoms with Gasteiger partial charge in [0.05, 0.1) is 17.9 Å². The SMILES string of the molecule is O=C(c1cc2ccccc2o1)N1CC(N2C(=O)[C@H]3CC=CC[C@@H]3C2=O)C1. The van der Waals surface area contributed by atoms with Gasteiger partial charge in [0.25, 0.3) is 5.91 Å². The number of hydrogen-bond acceptors (Lipinski definition) is 4. The van der Waals surface area contributed by atoms with Crippen LogP contribution in [0.4, 0.5) is 0 Å². The molecule has 1 aromatic heterocycles. The zero-order chi connectivity index (χ0) is 17.8. The number of imide groups is 1. The van der Waals surface area contributed by atoms with Crippen molar-refractivity contribution >= 4 is 28.7 Å². The zero-order valence-corrected chi connectivity index (χ0v) is 14.1. The Kier molecular flexibility index (Phi) is 3.29. The quantitative estimate of drug-likeness (QED) is 0.615. The molecule has 0 saturated carbocycles. The number of rotatable bonds is 2. The fourth-order valence-corrected chi connectivity index (χ4v) is 4.21. The second-order valence-electron chi connectivity index (χ2n) is 7.21. The van der Waals surface area contributed by atoms with E-state index in [9.17, 15) is 14.4 Å². The van der Waals surface area contributed by atoms with Crippen molar-refractivity contribution in [1.82, 2.24) is 9.80 Å². The van der Waals surface area contributed by atoms with E-state index in [2.05, 4.69) is 0 Å². The molecule has 0 N–H and O–H groups in total. The van der Waals surface area contributed by atoms with Crippen molar-refractivity contribution in [2.45, 2.75) is 18.9 Å². The Morgan fingerprint density at radius 1 is 1.00 bits per heavy atom. The van der Waals surface area contributed by atoms with Crippen molar-refractivity contribution in [2.24, 2.45) is 11.8 Å². The third-order valence-electron chi connectivity index (χ3n) is 5.69. The summed E-state index contributed by atoms with van der Waals surface area (Å²) in [4.78, 5) is 40.8. The minimum absolute atomic E-state index is 0.0785. The molecule has 2 atom stereocenters. The fourth-order valence-electron chi connectivity index (χ4n) is 4.21. The van der Waals surface area contributed by atoms with Crippen LogP contribution in [0.1, 0.15) is 23.4 Å². The lowest BCUT2D eigenvalue weighted by molar-refractivity contribution is -0.145. The van der Waals surface area contributed by atoms with Gasteiger partial charge in [0.15, 0.2) is 5.76 Å². The molecular formula is C20H18N2O4. The number of nitrogens with zero attached hydrogens (tertiary/aromatic N) is 2. The van der Waals surface area contributed by atoms with Crippen LogP contribution in [0.5, 0.6) is 0 Å². The fraction of sp³-hybridized carbons (Fsp3) is 0.350. The first kappa shape index (κ1) is 15.4. The van der Waals surface area contributed by atoms with Crippen molar-refractivity contribution < 1.29 is 18.8 Å². The third kappa shape index (κ3) is 2.14. The number of carbonyl (C=O) groups excluding carboxylic acids is 3. The Balaban J connectivity index is 1.29. The van der Waals surface area contributed by atoms with Crippen LogP contribution in [-0.2, 0) is 9.59 Å². The highest BCUT2D eigenvalue weighted by atomic mass is 16.3. The molecule has 132 valence electrons. The molecule has 1 aromatic carbocycles. The van der Waals surface area contributed by atoms with Crippen LogP contribution < -0.4 is 0 Å². The van der Waals surface area contributed by atoms with Gasteiger partial charge in [-0.25, -0.2) is 0 Å². The number of amides is 3. The van der Waals surface area contributed by atoms with E-state index in [0.29, 0.717) is 37.3 Å². The van der Waals surface area contributed by atoms with E-state index in [1.54, 1.807) is 11.0 Å². The lowest BCUT2D eigenvalue weighted by Crippen LogP contribution is -2.62. The smallest absolute Gasteiger partial charge is 0.289 e. The van der Waals surface area contributed by atoms with Crippen molar-refractivity contribution in [1.29, 1.82) is 0 Å². The van der Waals surface area contributed by atoms with Crippen LogP contribution in [0, 0.1) is 11.8 Å². The molecule has 0 unspecified atom stereocenters. The molecule has 0 bridgehead atoms. The molecule has 26 heavy (non-hydrogen) atoms. The third-order valence-corrected chi connectivity index (χ3v) is 5.69. The van der Waals surface area contributed by atoms with E-state index in [0.717, 1.165) is 5.39 Å². The molecule has 0 radical (unpaired) electrons. The van der Waals surface area contributed by atoms with Gasteiger partial charge in [-0.15, -0.1) is 0 Å². The largest absolute Gasteiger partial charge is 0.451 e. The number of likely N-dealkylation sites (tertiary alicyclic amines) is 2. The van der Waals surface area contributed by atoms with Crippen molar-refractivity contribution in [3.8, 4) is 0 Å². The number of fused-ring (bicyclic) bond motifs is 2. The molecule has 3 heterocycles. The first-order valence-electron chi connectivity index (χ1n) is 8.93. The van der Waals surface area contributed by atoms with E-state index in [1.165, 1.54) is 4.90 Å². The first-order valence-corrected chi connectivity index (χ1v) is 8.93. The lowest BCUT2D eigenvalue weighted by Gasteiger charge is -2.42. The van der Waals surface area contributed by atoms with E-state index < -0.39 is 0 Å². The maximum atomic E-state index is 12.6. The first-order chi connectivity index (χ1) is 12.6. The van der Waals surface area contributed by atoms with E-state index in [-0.39, 0.29) is 35.6 Å². The van der Waals surface area contributed by atoms with Crippen molar-refractivity contribution in [3.63, 3.8) is 0 Å². The summed E-state index contributed by atoms with van der Waals surface area (Å²) in [6.45, 7) is 0.750. The highest BCUT2D eigenvalue weighted by Crippen LogP contribution is 2.37. The van der Waals surface area contributed by atoms with Crippen LogP contribution in [0.15, 0.2) is 46.9 Å². The molecule has 2 aliphatic heterocycles. The van der Waals surface area contributed by atoms with Gasteiger partial charge in [0, 0.05) is 18.5 Å². The Morgan fingerprint density at radius 3 is 2.31 bits per heavy atom. The molecule has 6 heteroatoms. The van der Waals surface area contributed by atoms with Gasteiger partial charge in [0.1, 0.15) is 5.58 Å². The number of allylic oxidation sites excluding steroid dienone is 2. The zero-order valence-electron chi connectivity index (χ0n) is 14.1. The number of carbonyl (C=O) groups is 3. The molecule has 5 rings (SSSR count). The van der Waals surface area contributed by atoms with Gasteiger partial charge in [-0.1, -0.05) is 30.4 Å². The van der Waals surface area contributed by atoms with Gasteiger partial charge >= 0.3 is 0 Å². The highest BCUT2D eigenvalue weighted by Gasteiger charge is 2.52. The Labute approximate surface area is 150 Å². The summed E-state index contributed by atoms with van der Waals surface area (Å²) in [6, 6.07) is 8.99. The molecule has 0 spiro atoms. The topological polar surface area (TPSA) is 70.8 Å². The van der Waals surface area contributed by atoms with Crippen LogP contribution in [0.3, 0.4) is 0 Å².